The van der Waals surface area contributed by atoms with Gasteiger partial charge in [-0.1, -0.05) is 29.3 Å². The molecule has 2 aromatic rings. The van der Waals surface area contributed by atoms with Crippen molar-refractivity contribution in [3.05, 3.63) is 63.4 Å². The van der Waals surface area contributed by atoms with E-state index in [2.05, 4.69) is 0 Å². The molecule has 1 heterocycles. The number of hydrogen-bond acceptors (Lipinski definition) is 2. The number of halogens is 2. The van der Waals surface area contributed by atoms with Crippen LogP contribution in [0.3, 0.4) is 0 Å². The van der Waals surface area contributed by atoms with Crippen LogP contribution in [0.2, 0.25) is 10.0 Å². The average molecular weight is 302 g/mol. The summed E-state index contributed by atoms with van der Waals surface area (Å²) in [6.07, 6.45) is 1.32. The van der Waals surface area contributed by atoms with Gasteiger partial charge in [-0.3, -0.25) is 0 Å². The van der Waals surface area contributed by atoms with E-state index in [1.165, 1.54) is 12.3 Å². The van der Waals surface area contributed by atoms with Crippen LogP contribution in [0.25, 0.3) is 0 Å². The van der Waals surface area contributed by atoms with E-state index in [9.17, 15) is 9.42 Å². The van der Waals surface area contributed by atoms with Gasteiger partial charge in [0.2, 0.25) is 0 Å². The number of pyridine rings is 1. The second-order valence-corrected chi connectivity index (χ2v) is 5.83. The van der Waals surface area contributed by atoms with Gasteiger partial charge >= 0.3 is 0 Å². The van der Waals surface area contributed by atoms with E-state index in [1.54, 1.807) is 30.3 Å². The predicted molar refractivity (Wildman–Crippen MR) is 72.0 cm³/mol. The van der Waals surface area contributed by atoms with Crippen LogP contribution in [0, 0.1) is 5.21 Å². The molecule has 0 aliphatic rings. The number of nitrogens with zero attached hydrogens (tertiary/aromatic N) is 1. The third-order valence-electron chi connectivity index (χ3n) is 2.32. The second-order valence-electron chi connectivity index (χ2n) is 3.59. The standard InChI is InChI=1S/C12H9Cl2NO2S/c13-10-5-4-9(11(14)7-10)8-18(17)12-3-1-2-6-15(12)16/h1-7H,8H2. The lowest BCUT2D eigenvalue weighted by atomic mass is 10.2. The molecule has 0 fully saturated rings. The van der Waals surface area contributed by atoms with Gasteiger partial charge in [-0.25, -0.2) is 4.21 Å². The lowest BCUT2D eigenvalue weighted by Gasteiger charge is -2.05. The molecule has 0 saturated carbocycles. The molecule has 0 aliphatic heterocycles. The minimum Gasteiger partial charge on any atom is -0.618 e. The first-order valence-corrected chi connectivity index (χ1v) is 7.16. The molecule has 0 bridgehead atoms. The van der Waals surface area contributed by atoms with E-state index < -0.39 is 10.8 Å². The summed E-state index contributed by atoms with van der Waals surface area (Å²) in [4.78, 5) is 0. The van der Waals surface area contributed by atoms with Gasteiger partial charge in [0.1, 0.15) is 10.8 Å². The van der Waals surface area contributed by atoms with Gasteiger partial charge in [0.25, 0.3) is 5.03 Å². The van der Waals surface area contributed by atoms with Crippen LogP contribution in [0.5, 0.6) is 0 Å². The minimum atomic E-state index is -1.44. The molecule has 0 N–H and O–H groups in total. The third kappa shape index (κ3) is 3.02. The lowest BCUT2D eigenvalue weighted by molar-refractivity contribution is -0.646. The van der Waals surface area contributed by atoms with Crippen LogP contribution in [0.4, 0.5) is 0 Å². The molecular formula is C12H9Cl2NO2S. The molecule has 0 saturated heterocycles. The van der Waals surface area contributed by atoms with Crippen LogP contribution in [0.1, 0.15) is 5.56 Å². The van der Waals surface area contributed by atoms with Crippen LogP contribution < -0.4 is 4.73 Å². The van der Waals surface area contributed by atoms with Gasteiger partial charge < -0.3 is 5.21 Å². The molecule has 1 unspecified atom stereocenters. The van der Waals surface area contributed by atoms with Gasteiger partial charge in [-0.2, -0.15) is 4.73 Å². The second kappa shape index (κ2) is 5.69. The van der Waals surface area contributed by atoms with Crippen molar-refractivity contribution in [2.24, 2.45) is 0 Å². The Morgan fingerprint density at radius 1 is 1.22 bits per heavy atom. The van der Waals surface area contributed by atoms with Crippen molar-refractivity contribution < 1.29 is 8.94 Å². The zero-order valence-corrected chi connectivity index (χ0v) is 11.5. The Kier molecular flexibility index (Phi) is 4.22. The normalized spacial score (nSPS) is 12.3. The molecule has 94 valence electrons. The molecular weight excluding hydrogens is 293 g/mol. The Morgan fingerprint density at radius 2 is 2.00 bits per heavy atom. The molecule has 3 nitrogen and oxygen atoms in total. The van der Waals surface area contributed by atoms with Crippen LogP contribution in [-0.2, 0) is 16.6 Å². The fourth-order valence-electron chi connectivity index (χ4n) is 1.44. The highest BCUT2D eigenvalue weighted by atomic mass is 35.5. The first-order chi connectivity index (χ1) is 8.58. The average Bonchev–Trinajstić information content (AvgIpc) is 2.33. The first kappa shape index (κ1) is 13.3. The van der Waals surface area contributed by atoms with Gasteiger partial charge in [0.05, 0.1) is 5.75 Å². The van der Waals surface area contributed by atoms with Crippen molar-refractivity contribution in [3.63, 3.8) is 0 Å². The van der Waals surface area contributed by atoms with Gasteiger partial charge in [0, 0.05) is 22.2 Å². The molecule has 1 atom stereocenters. The molecule has 2 rings (SSSR count). The molecule has 1 aromatic heterocycles. The van der Waals surface area contributed by atoms with Crippen molar-refractivity contribution in [1.82, 2.24) is 0 Å². The van der Waals surface area contributed by atoms with Crippen molar-refractivity contribution in [2.75, 3.05) is 0 Å². The summed E-state index contributed by atoms with van der Waals surface area (Å²) >= 11 is 11.8. The molecule has 0 spiro atoms. The Balaban J connectivity index is 2.24. The van der Waals surface area contributed by atoms with Gasteiger partial charge in [-0.15, -0.1) is 0 Å². The predicted octanol–water partition coefficient (Wildman–Crippen LogP) is 2.93. The molecule has 18 heavy (non-hydrogen) atoms. The SMILES string of the molecule is O=S(Cc1ccc(Cl)cc1Cl)c1cccc[n+]1[O-]. The first-order valence-electron chi connectivity index (χ1n) is 5.08. The molecule has 0 radical (unpaired) electrons. The molecule has 0 aliphatic carbocycles. The van der Waals surface area contributed by atoms with Gasteiger partial charge in [-0.05, 0) is 23.8 Å². The summed E-state index contributed by atoms with van der Waals surface area (Å²) < 4.78 is 12.7. The molecule has 0 amide bonds. The Hall–Kier alpha value is -1.10. The van der Waals surface area contributed by atoms with Crippen molar-refractivity contribution in [3.8, 4) is 0 Å². The van der Waals surface area contributed by atoms with E-state index in [0.717, 1.165) is 0 Å². The zero-order chi connectivity index (χ0) is 13.1. The highest BCUT2D eigenvalue weighted by molar-refractivity contribution is 7.84. The summed E-state index contributed by atoms with van der Waals surface area (Å²) in [5, 5.41) is 12.6. The quantitative estimate of drug-likeness (QED) is 0.646. The van der Waals surface area contributed by atoms with Crippen molar-refractivity contribution in [2.45, 2.75) is 10.8 Å². The van der Waals surface area contributed by atoms with Crippen molar-refractivity contribution in [1.29, 1.82) is 0 Å². The number of hydrogen-bond donors (Lipinski definition) is 0. The maximum absolute atomic E-state index is 12.1. The highest BCUT2D eigenvalue weighted by Crippen LogP contribution is 2.23. The number of rotatable bonds is 3. The number of benzene rings is 1. The summed E-state index contributed by atoms with van der Waals surface area (Å²) in [6, 6.07) is 9.77. The van der Waals surface area contributed by atoms with E-state index >= 15 is 0 Å². The topological polar surface area (TPSA) is 44.0 Å². The molecule has 6 heteroatoms. The smallest absolute Gasteiger partial charge is 0.281 e. The zero-order valence-electron chi connectivity index (χ0n) is 9.18. The summed E-state index contributed by atoms with van der Waals surface area (Å²) in [7, 11) is -1.44. The molecule has 1 aromatic carbocycles. The fourth-order valence-corrected chi connectivity index (χ4v) is 3.17. The maximum Gasteiger partial charge on any atom is 0.281 e. The number of aromatic nitrogens is 1. The summed E-state index contributed by atoms with van der Waals surface area (Å²) in [5.41, 5.74) is 0.697. The third-order valence-corrected chi connectivity index (χ3v) is 4.27. The van der Waals surface area contributed by atoms with E-state index in [-0.39, 0.29) is 10.8 Å². The Labute approximate surface area is 117 Å². The minimum absolute atomic E-state index is 0.183. The van der Waals surface area contributed by atoms with Crippen LogP contribution >= 0.6 is 23.2 Å². The highest BCUT2D eigenvalue weighted by Gasteiger charge is 2.15. The Morgan fingerprint density at radius 3 is 2.67 bits per heavy atom. The van der Waals surface area contributed by atoms with Crippen molar-refractivity contribution >= 4 is 34.0 Å². The summed E-state index contributed by atoms with van der Waals surface area (Å²) in [5.74, 6) is 0.183. The van der Waals surface area contributed by atoms with Crippen LogP contribution in [0.15, 0.2) is 47.6 Å². The summed E-state index contributed by atoms with van der Waals surface area (Å²) in [6.45, 7) is 0. The fraction of sp³-hybridized carbons (Fsp3) is 0.0833. The van der Waals surface area contributed by atoms with E-state index in [1.807, 2.05) is 0 Å². The largest absolute Gasteiger partial charge is 0.618 e. The van der Waals surface area contributed by atoms with Gasteiger partial charge in [0.15, 0.2) is 6.20 Å². The van der Waals surface area contributed by atoms with E-state index in [0.29, 0.717) is 20.3 Å². The lowest BCUT2D eigenvalue weighted by Crippen LogP contribution is -2.31. The van der Waals surface area contributed by atoms with Crippen LogP contribution in [-0.4, -0.2) is 4.21 Å². The Bertz CT molecular complexity index is 604. The maximum atomic E-state index is 12.1. The van der Waals surface area contributed by atoms with E-state index in [4.69, 9.17) is 23.2 Å². The monoisotopic (exact) mass is 301 g/mol.